The average Bonchev–Trinajstić information content (AvgIpc) is 2.80. The number of pyridine rings is 1. The molecule has 1 aromatic carbocycles. The summed E-state index contributed by atoms with van der Waals surface area (Å²) >= 11 is 0. The molecular formula is C15H16N4O. The molecule has 0 spiro atoms. The van der Waals surface area contributed by atoms with Gasteiger partial charge in [-0.3, -0.25) is 0 Å². The lowest BCUT2D eigenvalue weighted by molar-refractivity contribution is 0.402. The van der Waals surface area contributed by atoms with E-state index < -0.39 is 0 Å². The molecule has 0 bridgehead atoms. The third-order valence-corrected chi connectivity index (χ3v) is 2.93. The van der Waals surface area contributed by atoms with E-state index in [-0.39, 0.29) is 0 Å². The first-order valence-corrected chi connectivity index (χ1v) is 6.38. The Hall–Kier alpha value is -2.40. The fourth-order valence-electron chi connectivity index (χ4n) is 2.19. The zero-order chi connectivity index (χ0) is 14.1. The summed E-state index contributed by atoms with van der Waals surface area (Å²) in [5, 5.41) is 0. The Morgan fingerprint density at radius 1 is 1.25 bits per heavy atom. The highest BCUT2D eigenvalue weighted by molar-refractivity contribution is 5.73. The molecular weight excluding hydrogens is 252 g/mol. The third kappa shape index (κ3) is 2.48. The number of nitrogen functional groups attached to an aromatic ring is 1. The molecule has 0 saturated carbocycles. The Morgan fingerprint density at radius 2 is 2.10 bits per heavy atom. The fraction of sp³-hybridized carbons (Fsp3) is 0.200. The highest BCUT2D eigenvalue weighted by Crippen LogP contribution is 2.26. The third-order valence-electron chi connectivity index (χ3n) is 2.93. The van der Waals surface area contributed by atoms with E-state index in [9.17, 15) is 0 Å². The van der Waals surface area contributed by atoms with Gasteiger partial charge in [-0.05, 0) is 50.0 Å². The molecule has 102 valence electrons. The summed E-state index contributed by atoms with van der Waals surface area (Å²) in [5.41, 5.74) is 9.96. The maximum atomic E-state index is 5.96. The van der Waals surface area contributed by atoms with Gasteiger partial charge in [-0.2, -0.15) is 4.98 Å². The lowest BCUT2D eigenvalue weighted by atomic mass is 10.1. The van der Waals surface area contributed by atoms with E-state index in [2.05, 4.69) is 14.9 Å². The van der Waals surface area contributed by atoms with Crippen molar-refractivity contribution in [1.29, 1.82) is 0 Å². The first-order chi connectivity index (χ1) is 9.61. The number of rotatable bonds is 3. The molecule has 2 N–H and O–H groups in total. The molecule has 0 atom stereocenters. The van der Waals surface area contributed by atoms with Crippen LogP contribution in [0.5, 0.6) is 0 Å². The number of hydrogen-bond acceptors (Lipinski definition) is 5. The van der Waals surface area contributed by atoms with Crippen molar-refractivity contribution >= 4 is 16.9 Å². The first kappa shape index (κ1) is 12.6. The Kier molecular flexibility index (Phi) is 3.12. The number of nitrogens with two attached hydrogens (primary N) is 1. The van der Waals surface area contributed by atoms with Gasteiger partial charge in [0.15, 0.2) is 11.2 Å². The second kappa shape index (κ2) is 4.94. The van der Waals surface area contributed by atoms with Crippen molar-refractivity contribution in [3.8, 4) is 11.5 Å². The second-order valence-corrected chi connectivity index (χ2v) is 5.05. The lowest BCUT2D eigenvalue weighted by Gasteiger charge is -2.11. The second-order valence-electron chi connectivity index (χ2n) is 5.05. The van der Waals surface area contributed by atoms with Crippen LogP contribution in [-0.2, 0) is 6.54 Å². The number of nitrogens with zero attached hydrogens (tertiary/aromatic N) is 3. The topological polar surface area (TPSA) is 68.2 Å². The quantitative estimate of drug-likeness (QED) is 0.739. The maximum absolute atomic E-state index is 5.96. The van der Waals surface area contributed by atoms with Gasteiger partial charge >= 0.3 is 0 Å². The summed E-state index contributed by atoms with van der Waals surface area (Å²) in [6, 6.07) is 9.55. The van der Waals surface area contributed by atoms with Crippen molar-refractivity contribution in [2.24, 2.45) is 0 Å². The monoisotopic (exact) mass is 268 g/mol. The molecule has 0 aliphatic carbocycles. The van der Waals surface area contributed by atoms with Gasteiger partial charge in [0.2, 0.25) is 5.89 Å². The molecule has 2 aromatic heterocycles. The standard InChI is InChI=1S/C15H16N4O/c1-19(2)9-10-6-11(8-12(16)7-10)15-18-14-13(20-15)4-3-5-17-14/h3-8H,9,16H2,1-2H3. The normalized spacial score (nSPS) is 11.3. The van der Waals surface area contributed by atoms with Crippen molar-refractivity contribution in [2.75, 3.05) is 19.8 Å². The van der Waals surface area contributed by atoms with Crippen LogP contribution in [0.1, 0.15) is 5.56 Å². The molecule has 2 heterocycles. The smallest absolute Gasteiger partial charge is 0.228 e. The molecule has 5 heteroatoms. The van der Waals surface area contributed by atoms with Crippen LogP contribution in [0, 0.1) is 0 Å². The summed E-state index contributed by atoms with van der Waals surface area (Å²) in [6.45, 7) is 0.816. The number of benzene rings is 1. The number of anilines is 1. The van der Waals surface area contributed by atoms with Crippen LogP contribution < -0.4 is 5.73 Å². The molecule has 0 radical (unpaired) electrons. The van der Waals surface area contributed by atoms with E-state index in [0.717, 1.165) is 17.7 Å². The summed E-state index contributed by atoms with van der Waals surface area (Å²) in [6.07, 6.45) is 1.70. The largest absolute Gasteiger partial charge is 0.434 e. The van der Waals surface area contributed by atoms with Crippen molar-refractivity contribution in [2.45, 2.75) is 6.54 Å². The SMILES string of the molecule is CN(C)Cc1cc(N)cc(-c2nc3ncccc3o2)c1. The predicted octanol–water partition coefficient (Wildman–Crippen LogP) is 2.53. The zero-order valence-electron chi connectivity index (χ0n) is 11.5. The minimum Gasteiger partial charge on any atom is -0.434 e. The molecule has 3 aromatic rings. The van der Waals surface area contributed by atoms with E-state index in [1.165, 1.54) is 0 Å². The summed E-state index contributed by atoms with van der Waals surface area (Å²) in [4.78, 5) is 10.7. The number of aromatic nitrogens is 2. The molecule has 0 saturated heterocycles. The van der Waals surface area contributed by atoms with Gasteiger partial charge in [0, 0.05) is 24.0 Å². The lowest BCUT2D eigenvalue weighted by Crippen LogP contribution is -2.10. The van der Waals surface area contributed by atoms with Crippen molar-refractivity contribution in [3.63, 3.8) is 0 Å². The molecule has 0 aliphatic rings. The number of oxazole rings is 1. The Balaban J connectivity index is 2.06. The molecule has 20 heavy (non-hydrogen) atoms. The van der Waals surface area contributed by atoms with Crippen LogP contribution in [0.2, 0.25) is 0 Å². The van der Waals surface area contributed by atoms with Crippen LogP contribution in [-0.4, -0.2) is 29.0 Å². The maximum Gasteiger partial charge on any atom is 0.228 e. The number of hydrogen-bond donors (Lipinski definition) is 1. The van der Waals surface area contributed by atoms with Crippen molar-refractivity contribution < 1.29 is 4.42 Å². The van der Waals surface area contributed by atoms with E-state index in [1.807, 2.05) is 44.4 Å². The molecule has 0 unspecified atom stereocenters. The number of fused-ring (bicyclic) bond motifs is 1. The van der Waals surface area contributed by atoms with E-state index in [1.54, 1.807) is 6.20 Å². The van der Waals surface area contributed by atoms with Crippen LogP contribution in [0.3, 0.4) is 0 Å². The van der Waals surface area contributed by atoms with E-state index in [4.69, 9.17) is 10.2 Å². The van der Waals surface area contributed by atoms with Crippen molar-refractivity contribution in [3.05, 3.63) is 42.1 Å². The van der Waals surface area contributed by atoms with Gasteiger partial charge in [-0.25, -0.2) is 4.98 Å². The van der Waals surface area contributed by atoms with Gasteiger partial charge in [0.1, 0.15) is 0 Å². The molecule has 0 amide bonds. The minimum atomic E-state index is 0.547. The van der Waals surface area contributed by atoms with Crippen LogP contribution in [0.15, 0.2) is 40.9 Å². The summed E-state index contributed by atoms with van der Waals surface area (Å²) < 4.78 is 5.73. The Labute approximate surface area is 117 Å². The average molecular weight is 268 g/mol. The molecule has 5 nitrogen and oxygen atoms in total. The highest BCUT2D eigenvalue weighted by atomic mass is 16.3. The van der Waals surface area contributed by atoms with E-state index in [0.29, 0.717) is 22.8 Å². The zero-order valence-corrected chi connectivity index (χ0v) is 11.5. The predicted molar refractivity (Wildman–Crippen MR) is 79.0 cm³/mol. The minimum absolute atomic E-state index is 0.547. The van der Waals surface area contributed by atoms with Crippen molar-refractivity contribution in [1.82, 2.24) is 14.9 Å². The van der Waals surface area contributed by atoms with Crippen LogP contribution in [0.25, 0.3) is 22.7 Å². The summed E-state index contributed by atoms with van der Waals surface area (Å²) in [5.74, 6) is 0.547. The molecule has 0 aliphatic heterocycles. The summed E-state index contributed by atoms with van der Waals surface area (Å²) in [7, 11) is 4.04. The van der Waals surface area contributed by atoms with Crippen LogP contribution in [0.4, 0.5) is 5.69 Å². The van der Waals surface area contributed by atoms with Gasteiger partial charge in [-0.15, -0.1) is 0 Å². The fourth-order valence-corrected chi connectivity index (χ4v) is 2.19. The highest BCUT2D eigenvalue weighted by Gasteiger charge is 2.10. The Morgan fingerprint density at radius 3 is 2.85 bits per heavy atom. The first-order valence-electron chi connectivity index (χ1n) is 6.38. The molecule has 3 rings (SSSR count). The van der Waals surface area contributed by atoms with Gasteiger partial charge in [0.05, 0.1) is 0 Å². The van der Waals surface area contributed by atoms with E-state index >= 15 is 0 Å². The van der Waals surface area contributed by atoms with Gasteiger partial charge in [0.25, 0.3) is 0 Å². The Bertz CT molecular complexity index is 715. The molecule has 0 fully saturated rings. The van der Waals surface area contributed by atoms with Crippen LogP contribution >= 0.6 is 0 Å². The van der Waals surface area contributed by atoms with Gasteiger partial charge in [-0.1, -0.05) is 0 Å². The van der Waals surface area contributed by atoms with Gasteiger partial charge < -0.3 is 15.1 Å².